The Bertz CT molecular complexity index is 642. The van der Waals surface area contributed by atoms with Crippen molar-refractivity contribution < 1.29 is 14.3 Å². The minimum atomic E-state index is -0.126. The van der Waals surface area contributed by atoms with Crippen molar-refractivity contribution in [3.63, 3.8) is 0 Å². The lowest BCUT2D eigenvalue weighted by Gasteiger charge is -2.29. The zero-order valence-corrected chi connectivity index (χ0v) is 17.3. The van der Waals surface area contributed by atoms with Crippen LogP contribution in [0.3, 0.4) is 0 Å². The summed E-state index contributed by atoms with van der Waals surface area (Å²) in [5.41, 5.74) is 2.11. The highest BCUT2D eigenvalue weighted by Gasteiger charge is 2.24. The molecule has 0 bridgehead atoms. The molecule has 0 unspecified atom stereocenters. The monoisotopic (exact) mass is 386 g/mol. The molecular formula is C23H34N2O3. The minimum absolute atomic E-state index is 0.0351. The molecule has 0 aromatic heterocycles. The zero-order valence-electron chi connectivity index (χ0n) is 17.3. The summed E-state index contributed by atoms with van der Waals surface area (Å²) in [7, 11) is 3.62. The van der Waals surface area contributed by atoms with Gasteiger partial charge in [0.05, 0.1) is 7.11 Å². The predicted octanol–water partition coefficient (Wildman–Crippen LogP) is 3.74. The van der Waals surface area contributed by atoms with Crippen molar-refractivity contribution in [1.82, 2.24) is 10.2 Å². The SMILES string of the molecule is COC(=O)CC[C@H]1CC[C@H](NC(=O)c2ccc(C3CCN(C)CC3)cc2)CC1. The number of nitrogens with one attached hydrogen (secondary N) is 1. The van der Waals surface area contributed by atoms with Gasteiger partial charge in [-0.3, -0.25) is 9.59 Å². The van der Waals surface area contributed by atoms with Crippen LogP contribution >= 0.6 is 0 Å². The van der Waals surface area contributed by atoms with E-state index in [1.54, 1.807) is 0 Å². The number of methoxy groups -OCH3 is 1. The van der Waals surface area contributed by atoms with Crippen LogP contribution < -0.4 is 5.32 Å². The molecule has 154 valence electrons. The van der Waals surface area contributed by atoms with Crippen LogP contribution in [0.5, 0.6) is 0 Å². The zero-order chi connectivity index (χ0) is 19.9. The van der Waals surface area contributed by atoms with Crippen molar-refractivity contribution in [2.45, 2.75) is 63.3 Å². The van der Waals surface area contributed by atoms with Gasteiger partial charge in [0.25, 0.3) is 5.91 Å². The number of piperidine rings is 1. The molecule has 1 aromatic carbocycles. The number of ether oxygens (including phenoxy) is 1. The molecule has 1 aliphatic carbocycles. The van der Waals surface area contributed by atoms with Crippen molar-refractivity contribution >= 4 is 11.9 Å². The topological polar surface area (TPSA) is 58.6 Å². The fraction of sp³-hybridized carbons (Fsp3) is 0.652. The van der Waals surface area contributed by atoms with Crippen LogP contribution in [0.25, 0.3) is 0 Å². The molecule has 1 N–H and O–H groups in total. The smallest absolute Gasteiger partial charge is 0.305 e. The van der Waals surface area contributed by atoms with E-state index in [9.17, 15) is 9.59 Å². The Kier molecular flexibility index (Phi) is 7.49. The number of hydrogen-bond donors (Lipinski definition) is 1. The Morgan fingerprint density at radius 1 is 1.04 bits per heavy atom. The second-order valence-corrected chi connectivity index (χ2v) is 8.51. The van der Waals surface area contributed by atoms with Crippen molar-refractivity contribution in [1.29, 1.82) is 0 Å². The number of carbonyl (C=O) groups excluding carboxylic acids is 2. The van der Waals surface area contributed by atoms with E-state index in [1.165, 1.54) is 25.5 Å². The van der Waals surface area contributed by atoms with Crippen LogP contribution in [0, 0.1) is 5.92 Å². The van der Waals surface area contributed by atoms with Gasteiger partial charge in [-0.2, -0.15) is 0 Å². The van der Waals surface area contributed by atoms with Crippen LogP contribution in [-0.4, -0.2) is 50.1 Å². The molecular weight excluding hydrogens is 352 g/mol. The van der Waals surface area contributed by atoms with E-state index in [0.717, 1.165) is 50.8 Å². The average Bonchev–Trinajstić information content (AvgIpc) is 2.73. The van der Waals surface area contributed by atoms with Crippen LogP contribution in [0.4, 0.5) is 0 Å². The average molecular weight is 387 g/mol. The highest BCUT2D eigenvalue weighted by atomic mass is 16.5. The molecule has 5 nitrogen and oxygen atoms in total. The number of rotatable bonds is 6. The van der Waals surface area contributed by atoms with E-state index >= 15 is 0 Å². The fourth-order valence-electron chi connectivity index (χ4n) is 4.54. The molecule has 0 radical (unpaired) electrons. The Morgan fingerprint density at radius 2 is 1.68 bits per heavy atom. The molecule has 2 fully saturated rings. The van der Waals surface area contributed by atoms with Crippen molar-refractivity contribution in [3.05, 3.63) is 35.4 Å². The molecule has 1 saturated heterocycles. The standard InChI is InChI=1S/C23H34N2O3/c1-25-15-13-19(14-16-25)18-6-8-20(9-7-18)23(27)24-21-10-3-17(4-11-21)5-12-22(26)28-2/h6-9,17,19,21H,3-5,10-16H2,1-2H3,(H,24,27)/t17-,21-. The van der Waals surface area contributed by atoms with E-state index in [-0.39, 0.29) is 17.9 Å². The van der Waals surface area contributed by atoms with Crippen molar-refractivity contribution in [3.8, 4) is 0 Å². The Morgan fingerprint density at radius 3 is 2.29 bits per heavy atom. The molecule has 5 heteroatoms. The summed E-state index contributed by atoms with van der Waals surface area (Å²) in [5.74, 6) is 1.10. The molecule has 1 saturated carbocycles. The third-order valence-corrected chi connectivity index (χ3v) is 6.53. The second kappa shape index (κ2) is 10.1. The predicted molar refractivity (Wildman–Crippen MR) is 110 cm³/mol. The third kappa shape index (κ3) is 5.81. The van der Waals surface area contributed by atoms with Crippen LogP contribution in [0.1, 0.15) is 73.2 Å². The van der Waals surface area contributed by atoms with E-state index in [2.05, 4.69) is 29.4 Å². The minimum Gasteiger partial charge on any atom is -0.469 e. The van der Waals surface area contributed by atoms with E-state index in [1.807, 2.05) is 12.1 Å². The van der Waals surface area contributed by atoms with Gasteiger partial charge in [-0.1, -0.05) is 12.1 Å². The number of benzene rings is 1. The first kappa shape index (κ1) is 20.8. The highest BCUT2D eigenvalue weighted by molar-refractivity contribution is 5.94. The van der Waals surface area contributed by atoms with Gasteiger partial charge < -0.3 is 15.0 Å². The van der Waals surface area contributed by atoms with Gasteiger partial charge in [0, 0.05) is 18.0 Å². The van der Waals surface area contributed by atoms with E-state index in [4.69, 9.17) is 4.74 Å². The Hall–Kier alpha value is -1.88. The maximum absolute atomic E-state index is 12.6. The normalized spacial score (nSPS) is 23.9. The summed E-state index contributed by atoms with van der Waals surface area (Å²) in [4.78, 5) is 26.3. The van der Waals surface area contributed by atoms with Crippen LogP contribution in [-0.2, 0) is 9.53 Å². The number of nitrogens with zero attached hydrogens (tertiary/aromatic N) is 1. The summed E-state index contributed by atoms with van der Waals surface area (Å²) in [6, 6.07) is 8.47. The summed E-state index contributed by atoms with van der Waals surface area (Å²) >= 11 is 0. The molecule has 2 aliphatic rings. The first-order valence-electron chi connectivity index (χ1n) is 10.7. The lowest BCUT2D eigenvalue weighted by atomic mass is 9.83. The van der Waals surface area contributed by atoms with E-state index < -0.39 is 0 Å². The quantitative estimate of drug-likeness (QED) is 0.757. The Labute approximate surface area is 168 Å². The highest BCUT2D eigenvalue weighted by Crippen LogP contribution is 2.29. The number of carbonyl (C=O) groups is 2. The maximum Gasteiger partial charge on any atom is 0.305 e. The first-order chi connectivity index (χ1) is 13.5. The van der Waals surface area contributed by atoms with Gasteiger partial charge in [0.15, 0.2) is 0 Å². The fourth-order valence-corrected chi connectivity index (χ4v) is 4.54. The van der Waals surface area contributed by atoms with Crippen LogP contribution in [0.2, 0.25) is 0 Å². The molecule has 0 spiro atoms. The van der Waals surface area contributed by atoms with Crippen molar-refractivity contribution in [2.24, 2.45) is 5.92 Å². The Balaban J connectivity index is 1.43. The van der Waals surface area contributed by atoms with Crippen LogP contribution in [0.15, 0.2) is 24.3 Å². The largest absolute Gasteiger partial charge is 0.469 e. The number of amides is 1. The summed E-state index contributed by atoms with van der Waals surface area (Å²) in [6.07, 6.45) is 7.90. The molecule has 1 heterocycles. The third-order valence-electron chi connectivity index (χ3n) is 6.53. The lowest BCUT2D eigenvalue weighted by molar-refractivity contribution is -0.141. The molecule has 28 heavy (non-hydrogen) atoms. The second-order valence-electron chi connectivity index (χ2n) is 8.51. The van der Waals surface area contributed by atoms with Gasteiger partial charge in [-0.05, 0) is 94.6 Å². The van der Waals surface area contributed by atoms with Crippen molar-refractivity contribution in [2.75, 3.05) is 27.2 Å². The number of likely N-dealkylation sites (tertiary alicyclic amines) is 1. The first-order valence-corrected chi connectivity index (χ1v) is 10.7. The van der Waals surface area contributed by atoms with Gasteiger partial charge in [0.2, 0.25) is 0 Å². The molecule has 1 aliphatic heterocycles. The molecule has 3 rings (SSSR count). The molecule has 1 amide bonds. The maximum atomic E-state index is 12.6. The van der Waals surface area contributed by atoms with Gasteiger partial charge in [-0.25, -0.2) is 0 Å². The van der Waals surface area contributed by atoms with Gasteiger partial charge in [-0.15, -0.1) is 0 Å². The van der Waals surface area contributed by atoms with E-state index in [0.29, 0.717) is 18.3 Å². The number of hydrogen-bond acceptors (Lipinski definition) is 4. The van der Waals surface area contributed by atoms with Gasteiger partial charge >= 0.3 is 5.97 Å². The molecule has 0 atom stereocenters. The van der Waals surface area contributed by atoms with Gasteiger partial charge in [0.1, 0.15) is 0 Å². The molecule has 1 aromatic rings. The lowest BCUT2D eigenvalue weighted by Crippen LogP contribution is -2.37. The number of esters is 1. The summed E-state index contributed by atoms with van der Waals surface area (Å²) in [5, 5.41) is 3.20. The summed E-state index contributed by atoms with van der Waals surface area (Å²) < 4.78 is 4.72. The summed E-state index contributed by atoms with van der Waals surface area (Å²) in [6.45, 7) is 2.30.